The SMILES string of the molecule is Cl.O=C(NCCCN1CCNCC1)c1c(F)c(F)cc(F)c1F. The molecule has 0 radical (unpaired) electrons. The molecule has 0 unspecified atom stereocenters. The standard InChI is InChI=1S/C14H17F4N3O.ClH/c15-9-8-10(16)13(18)11(12(9)17)14(22)20-2-1-5-21-6-3-19-4-7-21;/h8,19H,1-7H2,(H,20,22);1H. The van der Waals surface area contributed by atoms with Gasteiger partial charge in [0, 0.05) is 38.8 Å². The van der Waals surface area contributed by atoms with E-state index in [0.717, 1.165) is 32.7 Å². The molecule has 1 saturated heterocycles. The van der Waals surface area contributed by atoms with Crippen LogP contribution in [0.25, 0.3) is 0 Å². The molecule has 23 heavy (non-hydrogen) atoms. The number of benzene rings is 1. The minimum Gasteiger partial charge on any atom is -0.352 e. The molecule has 1 aromatic carbocycles. The van der Waals surface area contributed by atoms with E-state index in [1.807, 2.05) is 0 Å². The van der Waals surface area contributed by atoms with Gasteiger partial charge in [-0.3, -0.25) is 4.79 Å². The number of piperazine rings is 1. The molecular weight excluding hydrogens is 338 g/mol. The number of hydrogen-bond donors (Lipinski definition) is 2. The Morgan fingerprint density at radius 1 is 1.13 bits per heavy atom. The van der Waals surface area contributed by atoms with Crippen LogP contribution in [0.15, 0.2) is 6.07 Å². The average molecular weight is 356 g/mol. The summed E-state index contributed by atoms with van der Waals surface area (Å²) in [6.07, 6.45) is 0.576. The molecule has 2 N–H and O–H groups in total. The molecule has 2 rings (SSSR count). The fraction of sp³-hybridized carbons (Fsp3) is 0.500. The van der Waals surface area contributed by atoms with Gasteiger partial charge in [0.05, 0.1) is 0 Å². The molecule has 0 spiro atoms. The van der Waals surface area contributed by atoms with Crippen molar-refractivity contribution < 1.29 is 22.4 Å². The molecule has 0 bridgehead atoms. The molecule has 0 atom stereocenters. The zero-order valence-electron chi connectivity index (χ0n) is 12.3. The van der Waals surface area contributed by atoms with Crippen molar-refractivity contribution in [2.75, 3.05) is 39.3 Å². The second-order valence-corrected chi connectivity index (χ2v) is 5.04. The van der Waals surface area contributed by atoms with Gasteiger partial charge in [-0.1, -0.05) is 0 Å². The molecule has 1 aliphatic heterocycles. The monoisotopic (exact) mass is 355 g/mol. The molecule has 0 aliphatic carbocycles. The molecule has 1 amide bonds. The number of amides is 1. The summed E-state index contributed by atoms with van der Waals surface area (Å²) in [6.45, 7) is 4.47. The zero-order chi connectivity index (χ0) is 16.1. The first-order valence-electron chi connectivity index (χ1n) is 7.05. The summed E-state index contributed by atoms with van der Waals surface area (Å²) in [5.74, 6) is -7.71. The average Bonchev–Trinajstić information content (AvgIpc) is 2.51. The van der Waals surface area contributed by atoms with Gasteiger partial charge in [-0.15, -0.1) is 12.4 Å². The first-order valence-corrected chi connectivity index (χ1v) is 7.05. The number of nitrogens with one attached hydrogen (secondary N) is 2. The molecule has 0 aromatic heterocycles. The maximum Gasteiger partial charge on any atom is 0.257 e. The zero-order valence-corrected chi connectivity index (χ0v) is 13.1. The molecule has 0 saturated carbocycles. The third-order valence-corrected chi connectivity index (χ3v) is 3.49. The normalized spacial score (nSPS) is 15.1. The summed E-state index contributed by atoms with van der Waals surface area (Å²) >= 11 is 0. The second kappa shape index (κ2) is 9.05. The van der Waals surface area contributed by atoms with E-state index in [9.17, 15) is 22.4 Å². The van der Waals surface area contributed by atoms with E-state index in [0.29, 0.717) is 6.42 Å². The summed E-state index contributed by atoms with van der Waals surface area (Å²) in [4.78, 5) is 13.9. The van der Waals surface area contributed by atoms with E-state index in [1.54, 1.807) is 0 Å². The van der Waals surface area contributed by atoms with E-state index in [2.05, 4.69) is 15.5 Å². The lowest BCUT2D eigenvalue weighted by Crippen LogP contribution is -2.44. The summed E-state index contributed by atoms with van der Waals surface area (Å²) in [5, 5.41) is 5.48. The Bertz CT molecular complexity index is 527. The molecule has 4 nitrogen and oxygen atoms in total. The predicted molar refractivity (Wildman–Crippen MR) is 79.8 cm³/mol. The third-order valence-electron chi connectivity index (χ3n) is 3.49. The van der Waals surface area contributed by atoms with E-state index in [4.69, 9.17) is 0 Å². The van der Waals surface area contributed by atoms with Crippen LogP contribution in [0, 0.1) is 23.3 Å². The van der Waals surface area contributed by atoms with Gasteiger partial charge in [-0.2, -0.15) is 0 Å². The Labute approximate surface area is 137 Å². The van der Waals surface area contributed by atoms with Crippen LogP contribution in [0.4, 0.5) is 17.6 Å². The van der Waals surface area contributed by atoms with Crippen LogP contribution < -0.4 is 10.6 Å². The highest BCUT2D eigenvalue weighted by molar-refractivity contribution is 5.94. The number of hydrogen-bond acceptors (Lipinski definition) is 3. The fourth-order valence-electron chi connectivity index (χ4n) is 2.30. The van der Waals surface area contributed by atoms with Crippen LogP contribution in [-0.2, 0) is 0 Å². The maximum absolute atomic E-state index is 13.4. The second-order valence-electron chi connectivity index (χ2n) is 5.04. The van der Waals surface area contributed by atoms with Crippen LogP contribution in [0.2, 0.25) is 0 Å². The Morgan fingerprint density at radius 2 is 1.70 bits per heavy atom. The largest absolute Gasteiger partial charge is 0.352 e. The van der Waals surface area contributed by atoms with Crippen molar-refractivity contribution in [3.63, 3.8) is 0 Å². The van der Waals surface area contributed by atoms with Gasteiger partial charge in [-0.25, -0.2) is 17.6 Å². The van der Waals surface area contributed by atoms with Crippen molar-refractivity contribution in [3.05, 3.63) is 34.9 Å². The highest BCUT2D eigenvalue weighted by Gasteiger charge is 2.24. The van der Waals surface area contributed by atoms with Crippen LogP contribution in [-0.4, -0.2) is 50.1 Å². The highest BCUT2D eigenvalue weighted by Crippen LogP contribution is 2.19. The van der Waals surface area contributed by atoms with Gasteiger partial charge in [0.25, 0.3) is 5.91 Å². The molecular formula is C14H18ClF4N3O. The van der Waals surface area contributed by atoms with Gasteiger partial charge in [0.1, 0.15) is 5.56 Å². The van der Waals surface area contributed by atoms with E-state index >= 15 is 0 Å². The number of rotatable bonds is 5. The maximum atomic E-state index is 13.4. The summed E-state index contributed by atoms with van der Waals surface area (Å²) in [6, 6.07) is 0.0752. The minimum absolute atomic E-state index is 0. The van der Waals surface area contributed by atoms with Crippen molar-refractivity contribution >= 4 is 18.3 Å². The summed E-state index contributed by atoms with van der Waals surface area (Å²) in [5.41, 5.74) is -1.22. The van der Waals surface area contributed by atoms with Crippen LogP contribution in [0.5, 0.6) is 0 Å². The Kier molecular flexibility index (Phi) is 7.74. The van der Waals surface area contributed by atoms with E-state index < -0.39 is 34.7 Å². The van der Waals surface area contributed by atoms with Gasteiger partial charge >= 0.3 is 0 Å². The topological polar surface area (TPSA) is 44.4 Å². The number of halogens is 5. The lowest BCUT2D eigenvalue weighted by atomic mass is 10.1. The Morgan fingerprint density at radius 3 is 2.26 bits per heavy atom. The van der Waals surface area contributed by atoms with Crippen molar-refractivity contribution in [2.24, 2.45) is 0 Å². The highest BCUT2D eigenvalue weighted by atomic mass is 35.5. The van der Waals surface area contributed by atoms with Gasteiger partial charge < -0.3 is 15.5 Å². The lowest BCUT2D eigenvalue weighted by molar-refractivity contribution is 0.0940. The van der Waals surface area contributed by atoms with Crippen LogP contribution in [0.3, 0.4) is 0 Å². The van der Waals surface area contributed by atoms with E-state index in [1.165, 1.54) is 0 Å². The minimum atomic E-state index is -1.68. The molecule has 1 aromatic rings. The summed E-state index contributed by atoms with van der Waals surface area (Å²) in [7, 11) is 0. The van der Waals surface area contributed by atoms with Crippen molar-refractivity contribution in [2.45, 2.75) is 6.42 Å². The first-order chi connectivity index (χ1) is 10.5. The summed E-state index contributed by atoms with van der Waals surface area (Å²) < 4.78 is 52.9. The van der Waals surface area contributed by atoms with Crippen LogP contribution >= 0.6 is 12.4 Å². The van der Waals surface area contributed by atoms with Gasteiger partial charge in [-0.05, 0) is 13.0 Å². The number of nitrogens with zero attached hydrogens (tertiary/aromatic N) is 1. The van der Waals surface area contributed by atoms with Crippen molar-refractivity contribution in [1.29, 1.82) is 0 Å². The molecule has 9 heteroatoms. The van der Waals surface area contributed by atoms with Gasteiger partial charge in [0.15, 0.2) is 23.3 Å². The first kappa shape index (κ1) is 19.7. The molecule has 1 fully saturated rings. The van der Waals surface area contributed by atoms with Crippen molar-refractivity contribution in [1.82, 2.24) is 15.5 Å². The van der Waals surface area contributed by atoms with E-state index in [-0.39, 0.29) is 25.0 Å². The Balaban J connectivity index is 0.00000264. The number of carbonyl (C=O) groups excluding carboxylic acids is 1. The molecule has 1 heterocycles. The quantitative estimate of drug-likeness (QED) is 0.480. The Hall–Kier alpha value is -1.38. The lowest BCUT2D eigenvalue weighted by Gasteiger charge is -2.27. The van der Waals surface area contributed by atoms with Gasteiger partial charge in [0.2, 0.25) is 0 Å². The smallest absolute Gasteiger partial charge is 0.257 e. The molecule has 130 valence electrons. The van der Waals surface area contributed by atoms with Crippen molar-refractivity contribution in [3.8, 4) is 0 Å². The fourth-order valence-corrected chi connectivity index (χ4v) is 2.30. The van der Waals surface area contributed by atoms with Crippen LogP contribution in [0.1, 0.15) is 16.8 Å². The third kappa shape index (κ3) is 5.05. The number of carbonyl (C=O) groups is 1. The molecule has 1 aliphatic rings. The predicted octanol–water partition coefficient (Wildman–Crippen LogP) is 1.69.